The Kier molecular flexibility index (Phi) is 7.76. The number of hydrogen-bond donors (Lipinski definition) is 2. The van der Waals surface area contributed by atoms with Gasteiger partial charge in [0, 0.05) is 39.4 Å². The minimum atomic E-state index is 0.212. The van der Waals surface area contributed by atoms with E-state index in [1.807, 2.05) is 7.05 Å². The third kappa shape index (κ3) is 6.20. The van der Waals surface area contributed by atoms with Gasteiger partial charge in [0.2, 0.25) is 0 Å². The van der Waals surface area contributed by atoms with E-state index in [1.54, 1.807) is 7.11 Å². The largest absolute Gasteiger partial charge is 0.490 e. The minimum absolute atomic E-state index is 0.212. The maximum Gasteiger partial charge on any atom is 0.191 e. The Bertz CT molecular complexity index is 597. The molecule has 0 radical (unpaired) electrons. The molecule has 1 aliphatic rings. The number of methoxy groups -OCH3 is 1. The maximum atomic E-state index is 6.10. The fourth-order valence-corrected chi connectivity index (χ4v) is 2.90. The SMILES string of the molecule is CCC(C)Oc1cc(C)ccc1CNC(=NC)NCC1(CCOC)CC1. The summed E-state index contributed by atoms with van der Waals surface area (Å²) < 4.78 is 11.3. The number of nitrogens with zero attached hydrogens (tertiary/aromatic N) is 1. The molecule has 2 N–H and O–H groups in total. The van der Waals surface area contributed by atoms with Gasteiger partial charge in [-0.15, -0.1) is 0 Å². The highest BCUT2D eigenvalue weighted by atomic mass is 16.5. The van der Waals surface area contributed by atoms with Crippen LogP contribution in [0.5, 0.6) is 5.75 Å². The lowest BCUT2D eigenvalue weighted by Crippen LogP contribution is -2.40. The van der Waals surface area contributed by atoms with Gasteiger partial charge in [0.1, 0.15) is 5.75 Å². The first-order valence-electron chi connectivity index (χ1n) is 9.71. The predicted molar refractivity (Wildman–Crippen MR) is 108 cm³/mol. The Balaban J connectivity index is 1.90. The standard InChI is InChI=1S/C21H35N3O2/c1-6-17(3)26-19-13-16(2)7-8-18(19)14-23-20(22-4)24-15-21(9-10-21)11-12-25-5/h7-8,13,17H,6,9-12,14-15H2,1-5H3,(H2,22,23,24). The summed E-state index contributed by atoms with van der Waals surface area (Å²) in [6.45, 7) is 8.80. The first-order valence-corrected chi connectivity index (χ1v) is 9.71. The molecule has 146 valence electrons. The zero-order valence-corrected chi connectivity index (χ0v) is 17.0. The van der Waals surface area contributed by atoms with E-state index < -0.39 is 0 Å². The van der Waals surface area contributed by atoms with Crippen molar-refractivity contribution in [3.63, 3.8) is 0 Å². The molecule has 1 atom stereocenters. The van der Waals surface area contributed by atoms with Crippen molar-refractivity contribution in [3.8, 4) is 5.75 Å². The van der Waals surface area contributed by atoms with Gasteiger partial charge in [-0.05, 0) is 56.6 Å². The summed E-state index contributed by atoms with van der Waals surface area (Å²) >= 11 is 0. The average molecular weight is 362 g/mol. The number of nitrogens with one attached hydrogen (secondary N) is 2. The van der Waals surface area contributed by atoms with Gasteiger partial charge in [-0.2, -0.15) is 0 Å². The second-order valence-corrected chi connectivity index (χ2v) is 7.47. The highest BCUT2D eigenvalue weighted by Gasteiger charge is 2.41. The van der Waals surface area contributed by atoms with Gasteiger partial charge in [0.05, 0.1) is 6.10 Å². The van der Waals surface area contributed by atoms with Crippen LogP contribution in [0.4, 0.5) is 0 Å². The molecule has 26 heavy (non-hydrogen) atoms. The lowest BCUT2D eigenvalue weighted by Gasteiger charge is -2.20. The van der Waals surface area contributed by atoms with E-state index in [2.05, 4.69) is 54.6 Å². The van der Waals surface area contributed by atoms with Crippen LogP contribution < -0.4 is 15.4 Å². The molecule has 0 heterocycles. The molecule has 0 aromatic heterocycles. The van der Waals surface area contributed by atoms with Gasteiger partial charge in [-0.3, -0.25) is 4.99 Å². The predicted octanol–water partition coefficient (Wildman–Crippen LogP) is 3.65. The van der Waals surface area contributed by atoms with Crippen LogP contribution in [0.1, 0.15) is 50.7 Å². The zero-order valence-electron chi connectivity index (χ0n) is 17.0. The van der Waals surface area contributed by atoms with Gasteiger partial charge in [0.15, 0.2) is 5.96 Å². The Morgan fingerprint density at radius 3 is 2.69 bits per heavy atom. The number of aliphatic imine (C=N–C) groups is 1. The lowest BCUT2D eigenvalue weighted by molar-refractivity contribution is 0.172. The highest BCUT2D eigenvalue weighted by molar-refractivity contribution is 5.79. The monoisotopic (exact) mass is 361 g/mol. The Morgan fingerprint density at radius 1 is 1.31 bits per heavy atom. The molecule has 1 aromatic carbocycles. The van der Waals surface area contributed by atoms with Crippen molar-refractivity contribution in [3.05, 3.63) is 29.3 Å². The Labute approximate surface area is 158 Å². The van der Waals surface area contributed by atoms with Gasteiger partial charge < -0.3 is 20.1 Å². The lowest BCUT2D eigenvalue weighted by atomic mass is 10.0. The van der Waals surface area contributed by atoms with Crippen LogP contribution in [0.15, 0.2) is 23.2 Å². The summed E-state index contributed by atoms with van der Waals surface area (Å²) in [5.41, 5.74) is 2.75. The van der Waals surface area contributed by atoms with E-state index >= 15 is 0 Å². The van der Waals surface area contributed by atoms with Crippen LogP contribution in [0, 0.1) is 12.3 Å². The van der Waals surface area contributed by atoms with Gasteiger partial charge in [0.25, 0.3) is 0 Å². The van der Waals surface area contributed by atoms with E-state index in [9.17, 15) is 0 Å². The molecular formula is C21H35N3O2. The Hall–Kier alpha value is -1.75. The van der Waals surface area contributed by atoms with Crippen LogP contribution in [0.2, 0.25) is 0 Å². The third-order valence-corrected chi connectivity index (χ3v) is 5.22. The van der Waals surface area contributed by atoms with Crippen molar-refractivity contribution in [1.82, 2.24) is 10.6 Å². The molecule has 1 saturated carbocycles. The summed E-state index contributed by atoms with van der Waals surface area (Å²) in [4.78, 5) is 4.36. The van der Waals surface area contributed by atoms with Crippen LogP contribution in [0.3, 0.4) is 0 Å². The van der Waals surface area contributed by atoms with Crippen molar-refractivity contribution < 1.29 is 9.47 Å². The zero-order chi connectivity index (χ0) is 19.0. The van der Waals surface area contributed by atoms with Crippen LogP contribution in [0.25, 0.3) is 0 Å². The fraction of sp³-hybridized carbons (Fsp3) is 0.667. The summed E-state index contributed by atoms with van der Waals surface area (Å²) in [5, 5.41) is 6.90. The normalized spacial score (nSPS) is 16.9. The summed E-state index contributed by atoms with van der Waals surface area (Å²) in [7, 11) is 3.58. The number of hydrogen-bond acceptors (Lipinski definition) is 3. The molecule has 1 aromatic rings. The van der Waals surface area contributed by atoms with Gasteiger partial charge in [-0.25, -0.2) is 0 Å². The number of guanidine groups is 1. The summed E-state index contributed by atoms with van der Waals surface area (Å²) in [5.74, 6) is 1.80. The molecule has 1 fully saturated rings. The van der Waals surface area contributed by atoms with Crippen molar-refractivity contribution in [2.75, 3.05) is 27.3 Å². The van der Waals surface area contributed by atoms with Crippen molar-refractivity contribution >= 4 is 5.96 Å². The first-order chi connectivity index (χ1) is 12.5. The van der Waals surface area contributed by atoms with E-state index in [4.69, 9.17) is 9.47 Å². The van der Waals surface area contributed by atoms with Crippen LogP contribution in [-0.2, 0) is 11.3 Å². The van der Waals surface area contributed by atoms with E-state index in [1.165, 1.54) is 18.4 Å². The number of rotatable bonds is 10. The average Bonchev–Trinajstić information content (AvgIpc) is 3.41. The second kappa shape index (κ2) is 9.81. The van der Waals surface area contributed by atoms with Gasteiger partial charge in [-0.1, -0.05) is 19.1 Å². The molecule has 0 amide bonds. The molecule has 1 unspecified atom stereocenters. The minimum Gasteiger partial charge on any atom is -0.490 e. The smallest absolute Gasteiger partial charge is 0.191 e. The van der Waals surface area contributed by atoms with Crippen molar-refractivity contribution in [2.24, 2.45) is 10.4 Å². The van der Waals surface area contributed by atoms with Crippen LogP contribution in [-0.4, -0.2) is 39.4 Å². The molecule has 5 nitrogen and oxygen atoms in total. The van der Waals surface area contributed by atoms with E-state index in [0.717, 1.165) is 43.3 Å². The molecule has 0 saturated heterocycles. The van der Waals surface area contributed by atoms with Crippen LogP contribution >= 0.6 is 0 Å². The van der Waals surface area contributed by atoms with E-state index in [0.29, 0.717) is 12.0 Å². The molecule has 5 heteroatoms. The number of aryl methyl sites for hydroxylation is 1. The molecule has 0 bridgehead atoms. The maximum absolute atomic E-state index is 6.10. The fourth-order valence-electron chi connectivity index (χ4n) is 2.90. The van der Waals surface area contributed by atoms with Crippen molar-refractivity contribution in [1.29, 1.82) is 0 Å². The second-order valence-electron chi connectivity index (χ2n) is 7.47. The van der Waals surface area contributed by atoms with Crippen molar-refractivity contribution in [2.45, 2.75) is 59.1 Å². The highest BCUT2D eigenvalue weighted by Crippen LogP contribution is 2.48. The van der Waals surface area contributed by atoms with Gasteiger partial charge >= 0.3 is 0 Å². The van der Waals surface area contributed by atoms with E-state index in [-0.39, 0.29) is 6.10 Å². The molecule has 1 aliphatic carbocycles. The molecular weight excluding hydrogens is 326 g/mol. The topological polar surface area (TPSA) is 54.9 Å². The quantitative estimate of drug-likeness (QED) is 0.493. The molecule has 2 rings (SSSR count). The summed E-state index contributed by atoms with van der Waals surface area (Å²) in [6, 6.07) is 6.37. The number of ether oxygens (including phenoxy) is 2. The first kappa shape index (κ1) is 20.6. The molecule has 0 aliphatic heterocycles. The Morgan fingerprint density at radius 2 is 2.08 bits per heavy atom. The summed E-state index contributed by atoms with van der Waals surface area (Å²) in [6.07, 6.45) is 4.85. The molecule has 0 spiro atoms. The number of benzene rings is 1. The third-order valence-electron chi connectivity index (χ3n) is 5.22.